The Balaban J connectivity index is 2.88. The van der Waals surface area contributed by atoms with Gasteiger partial charge in [0.25, 0.3) is 15.0 Å². The molecule has 1 aromatic rings. The lowest BCUT2D eigenvalue weighted by molar-refractivity contribution is 0.0952. The lowest BCUT2D eigenvalue weighted by Gasteiger charge is -2.08. The SMILES string of the molecule is CC(C)CCNC(=O)c1ccc(Br)c(S(=O)(=O)Cl)c1. The summed E-state index contributed by atoms with van der Waals surface area (Å²) in [6, 6.07) is 4.30. The smallest absolute Gasteiger partial charge is 0.262 e. The summed E-state index contributed by atoms with van der Waals surface area (Å²) in [7, 11) is 1.42. The number of hydrogen-bond donors (Lipinski definition) is 1. The van der Waals surface area contributed by atoms with E-state index in [-0.39, 0.29) is 16.4 Å². The molecule has 1 amide bonds. The van der Waals surface area contributed by atoms with Crippen LogP contribution in [0.5, 0.6) is 0 Å². The van der Waals surface area contributed by atoms with Crippen molar-refractivity contribution in [3.8, 4) is 0 Å². The monoisotopic (exact) mass is 367 g/mol. The van der Waals surface area contributed by atoms with Crippen LogP contribution in [0, 0.1) is 5.92 Å². The number of carbonyl (C=O) groups excluding carboxylic acids is 1. The molecule has 0 aliphatic carbocycles. The van der Waals surface area contributed by atoms with Gasteiger partial charge in [-0.3, -0.25) is 4.79 Å². The van der Waals surface area contributed by atoms with Gasteiger partial charge in [-0.05, 0) is 46.5 Å². The third-order valence-electron chi connectivity index (χ3n) is 2.46. The van der Waals surface area contributed by atoms with E-state index in [9.17, 15) is 13.2 Å². The molecule has 0 spiro atoms. The van der Waals surface area contributed by atoms with Crippen molar-refractivity contribution in [1.82, 2.24) is 5.32 Å². The first-order valence-corrected chi connectivity index (χ1v) is 8.84. The molecule has 7 heteroatoms. The van der Waals surface area contributed by atoms with Crippen molar-refractivity contribution in [1.29, 1.82) is 0 Å². The maximum Gasteiger partial charge on any atom is 0.262 e. The standard InChI is InChI=1S/C12H15BrClNO3S/c1-8(2)5-6-15-12(16)9-3-4-10(13)11(7-9)19(14,17)18/h3-4,7-8H,5-6H2,1-2H3,(H,15,16). The van der Waals surface area contributed by atoms with Crippen LogP contribution in [-0.4, -0.2) is 20.9 Å². The summed E-state index contributed by atoms with van der Waals surface area (Å²) in [6.07, 6.45) is 0.864. The van der Waals surface area contributed by atoms with E-state index in [4.69, 9.17) is 10.7 Å². The van der Waals surface area contributed by atoms with E-state index in [1.54, 1.807) is 6.07 Å². The van der Waals surface area contributed by atoms with Gasteiger partial charge in [0, 0.05) is 27.3 Å². The molecule has 106 valence electrons. The fourth-order valence-corrected chi connectivity index (χ4v) is 3.53. The van der Waals surface area contributed by atoms with Crippen molar-refractivity contribution < 1.29 is 13.2 Å². The Labute approximate surface area is 126 Å². The van der Waals surface area contributed by atoms with E-state index >= 15 is 0 Å². The number of nitrogens with one attached hydrogen (secondary N) is 1. The Morgan fingerprint density at radius 2 is 2.05 bits per heavy atom. The third kappa shape index (κ3) is 5.12. The minimum Gasteiger partial charge on any atom is -0.352 e. The van der Waals surface area contributed by atoms with Gasteiger partial charge in [0.15, 0.2) is 0 Å². The second kappa shape index (κ2) is 6.72. The van der Waals surface area contributed by atoms with Gasteiger partial charge in [-0.1, -0.05) is 13.8 Å². The molecule has 0 fully saturated rings. The van der Waals surface area contributed by atoms with Gasteiger partial charge in [0.05, 0.1) is 4.90 Å². The second-order valence-electron chi connectivity index (χ2n) is 4.52. The lowest BCUT2D eigenvalue weighted by atomic mass is 10.1. The first-order chi connectivity index (χ1) is 8.71. The molecule has 0 heterocycles. The van der Waals surface area contributed by atoms with E-state index in [1.807, 2.05) is 0 Å². The molecule has 0 saturated carbocycles. The van der Waals surface area contributed by atoms with Gasteiger partial charge in [0.2, 0.25) is 0 Å². The maximum atomic E-state index is 11.9. The average molecular weight is 369 g/mol. The van der Waals surface area contributed by atoms with Crippen LogP contribution in [-0.2, 0) is 9.05 Å². The molecular formula is C12H15BrClNO3S. The van der Waals surface area contributed by atoms with Crippen LogP contribution in [0.15, 0.2) is 27.6 Å². The number of carbonyl (C=O) groups is 1. The molecule has 0 bridgehead atoms. The first-order valence-electron chi connectivity index (χ1n) is 5.74. The highest BCUT2D eigenvalue weighted by Crippen LogP contribution is 2.26. The highest BCUT2D eigenvalue weighted by Gasteiger charge is 2.17. The molecular weight excluding hydrogens is 354 g/mol. The summed E-state index contributed by atoms with van der Waals surface area (Å²) in [4.78, 5) is 11.7. The summed E-state index contributed by atoms with van der Waals surface area (Å²) in [6.45, 7) is 4.67. The Morgan fingerprint density at radius 1 is 1.42 bits per heavy atom. The summed E-state index contributed by atoms with van der Waals surface area (Å²) in [5.74, 6) is 0.179. The van der Waals surface area contributed by atoms with Crippen molar-refractivity contribution >= 4 is 41.6 Å². The van der Waals surface area contributed by atoms with Crippen LogP contribution in [0.1, 0.15) is 30.6 Å². The zero-order chi connectivity index (χ0) is 14.6. The number of halogens is 2. The Kier molecular flexibility index (Phi) is 5.82. The summed E-state index contributed by atoms with van der Waals surface area (Å²) in [5.41, 5.74) is 0.270. The third-order valence-corrected chi connectivity index (χ3v) is 4.78. The van der Waals surface area contributed by atoms with E-state index in [1.165, 1.54) is 12.1 Å². The largest absolute Gasteiger partial charge is 0.352 e. The number of benzene rings is 1. The lowest BCUT2D eigenvalue weighted by Crippen LogP contribution is -2.25. The van der Waals surface area contributed by atoms with Gasteiger partial charge in [-0.15, -0.1) is 0 Å². The Bertz CT molecular complexity index is 572. The second-order valence-corrected chi connectivity index (χ2v) is 7.91. The molecule has 0 unspecified atom stereocenters. The van der Waals surface area contributed by atoms with Gasteiger partial charge in [-0.2, -0.15) is 0 Å². The Morgan fingerprint density at radius 3 is 2.58 bits per heavy atom. The quantitative estimate of drug-likeness (QED) is 0.812. The normalized spacial score (nSPS) is 11.6. The summed E-state index contributed by atoms with van der Waals surface area (Å²) >= 11 is 3.09. The van der Waals surface area contributed by atoms with Crippen molar-refractivity contribution in [2.45, 2.75) is 25.2 Å². The van der Waals surface area contributed by atoms with E-state index in [0.717, 1.165) is 6.42 Å². The Hall–Kier alpha value is -0.590. The molecule has 0 aromatic heterocycles. The fourth-order valence-electron chi connectivity index (χ4n) is 1.41. The van der Waals surface area contributed by atoms with Gasteiger partial charge < -0.3 is 5.32 Å². The molecule has 0 aliphatic heterocycles. The number of amides is 1. The molecule has 1 aromatic carbocycles. The molecule has 0 aliphatic rings. The van der Waals surface area contributed by atoms with Crippen LogP contribution in [0.3, 0.4) is 0 Å². The zero-order valence-corrected chi connectivity index (χ0v) is 13.8. The predicted octanol–water partition coefficient (Wildman–Crippen LogP) is 3.15. The van der Waals surface area contributed by atoms with E-state index in [0.29, 0.717) is 16.9 Å². The van der Waals surface area contributed by atoms with Gasteiger partial charge in [-0.25, -0.2) is 8.42 Å². The van der Waals surface area contributed by atoms with Crippen LogP contribution >= 0.6 is 26.6 Å². The highest BCUT2D eigenvalue weighted by atomic mass is 79.9. The van der Waals surface area contributed by atoms with Crippen LogP contribution in [0.4, 0.5) is 0 Å². The first kappa shape index (κ1) is 16.5. The van der Waals surface area contributed by atoms with E-state index in [2.05, 4.69) is 35.1 Å². The van der Waals surface area contributed by atoms with Crippen LogP contribution in [0.25, 0.3) is 0 Å². The van der Waals surface area contributed by atoms with E-state index < -0.39 is 9.05 Å². The molecule has 1 N–H and O–H groups in total. The average Bonchev–Trinajstić information content (AvgIpc) is 2.27. The summed E-state index contributed by atoms with van der Waals surface area (Å²) < 4.78 is 23.0. The van der Waals surface area contributed by atoms with Crippen LogP contribution < -0.4 is 5.32 Å². The number of rotatable bonds is 5. The molecule has 0 radical (unpaired) electrons. The van der Waals surface area contributed by atoms with Crippen molar-refractivity contribution in [3.63, 3.8) is 0 Å². The summed E-state index contributed by atoms with van der Waals surface area (Å²) in [5, 5.41) is 2.74. The van der Waals surface area contributed by atoms with Crippen molar-refractivity contribution in [2.24, 2.45) is 5.92 Å². The van der Waals surface area contributed by atoms with Crippen molar-refractivity contribution in [3.05, 3.63) is 28.2 Å². The molecule has 0 atom stereocenters. The van der Waals surface area contributed by atoms with Crippen LogP contribution in [0.2, 0.25) is 0 Å². The topological polar surface area (TPSA) is 63.2 Å². The molecule has 0 saturated heterocycles. The zero-order valence-electron chi connectivity index (χ0n) is 10.6. The molecule has 19 heavy (non-hydrogen) atoms. The van der Waals surface area contributed by atoms with Crippen molar-refractivity contribution in [2.75, 3.05) is 6.54 Å². The van der Waals surface area contributed by atoms with Gasteiger partial charge in [0.1, 0.15) is 0 Å². The highest BCUT2D eigenvalue weighted by molar-refractivity contribution is 9.10. The molecule has 4 nitrogen and oxygen atoms in total. The fraction of sp³-hybridized carbons (Fsp3) is 0.417. The molecule has 1 rings (SSSR count). The predicted molar refractivity (Wildman–Crippen MR) is 79.0 cm³/mol. The number of hydrogen-bond acceptors (Lipinski definition) is 3. The minimum absolute atomic E-state index is 0.106. The minimum atomic E-state index is -3.88. The van der Waals surface area contributed by atoms with Gasteiger partial charge >= 0.3 is 0 Å². The maximum absolute atomic E-state index is 11.9.